The van der Waals surface area contributed by atoms with E-state index in [0.29, 0.717) is 6.54 Å². The fourth-order valence-electron chi connectivity index (χ4n) is 1.65. The molecule has 2 aromatic heterocycles. The van der Waals surface area contributed by atoms with Gasteiger partial charge in [0.15, 0.2) is 0 Å². The lowest BCUT2D eigenvalue weighted by Gasteiger charge is -2.12. The molecule has 108 valence electrons. The van der Waals surface area contributed by atoms with Gasteiger partial charge in [0.1, 0.15) is 5.52 Å². The molecule has 0 fully saturated rings. The summed E-state index contributed by atoms with van der Waals surface area (Å²) in [5.41, 5.74) is 2.24. The highest BCUT2D eigenvalue weighted by Crippen LogP contribution is 2.21. The van der Waals surface area contributed by atoms with Gasteiger partial charge in [0, 0.05) is 37.5 Å². The van der Waals surface area contributed by atoms with E-state index >= 15 is 0 Å². The van der Waals surface area contributed by atoms with Gasteiger partial charge < -0.3 is 5.32 Å². The highest BCUT2D eigenvalue weighted by molar-refractivity contribution is 9.10. The summed E-state index contributed by atoms with van der Waals surface area (Å²) in [4.78, 5) is 8.53. The molecule has 6 nitrogen and oxygen atoms in total. The first-order valence-electron chi connectivity index (χ1n) is 5.94. The van der Waals surface area contributed by atoms with Crippen LogP contribution in [0.1, 0.15) is 0 Å². The fourth-order valence-corrected chi connectivity index (χ4v) is 2.69. The smallest absolute Gasteiger partial charge is 0.215 e. The van der Waals surface area contributed by atoms with Crippen LogP contribution < -0.4 is 5.32 Å². The number of nitrogens with zero attached hydrogens (tertiary/aromatic N) is 3. The van der Waals surface area contributed by atoms with Crippen LogP contribution in [0.5, 0.6) is 0 Å². The lowest BCUT2D eigenvalue weighted by Crippen LogP contribution is -2.28. The maximum absolute atomic E-state index is 11.7. The number of sulfonamides is 1. The van der Waals surface area contributed by atoms with Crippen molar-refractivity contribution in [3.05, 3.63) is 29.0 Å². The van der Waals surface area contributed by atoms with Crippen molar-refractivity contribution in [2.75, 3.05) is 31.7 Å². The SMILES string of the molecule is CN(C)S(=O)(=O)CCNc1ccnc2cc(Br)cnc12. The molecular weight excluding hydrogens is 344 g/mol. The molecule has 2 rings (SSSR count). The van der Waals surface area contributed by atoms with Crippen molar-refractivity contribution in [1.29, 1.82) is 0 Å². The minimum Gasteiger partial charge on any atom is -0.382 e. The van der Waals surface area contributed by atoms with E-state index in [4.69, 9.17) is 0 Å². The third-order valence-corrected chi connectivity index (χ3v) is 5.04. The maximum Gasteiger partial charge on any atom is 0.215 e. The van der Waals surface area contributed by atoms with Crippen LogP contribution in [0.3, 0.4) is 0 Å². The average molecular weight is 359 g/mol. The minimum atomic E-state index is -3.20. The average Bonchev–Trinajstić information content (AvgIpc) is 2.38. The number of pyridine rings is 2. The lowest BCUT2D eigenvalue weighted by atomic mass is 10.3. The molecule has 0 spiro atoms. The molecule has 0 atom stereocenters. The number of aromatic nitrogens is 2. The second-order valence-electron chi connectivity index (χ2n) is 4.40. The van der Waals surface area contributed by atoms with Gasteiger partial charge in [0.2, 0.25) is 10.0 Å². The summed E-state index contributed by atoms with van der Waals surface area (Å²) >= 11 is 3.34. The summed E-state index contributed by atoms with van der Waals surface area (Å²) in [5.74, 6) is 0.0281. The van der Waals surface area contributed by atoms with E-state index in [-0.39, 0.29) is 5.75 Å². The molecule has 2 heterocycles. The van der Waals surface area contributed by atoms with Crippen LogP contribution >= 0.6 is 15.9 Å². The van der Waals surface area contributed by atoms with Gasteiger partial charge in [-0.2, -0.15) is 0 Å². The summed E-state index contributed by atoms with van der Waals surface area (Å²) in [6, 6.07) is 3.65. The van der Waals surface area contributed by atoms with Gasteiger partial charge in [0.25, 0.3) is 0 Å². The van der Waals surface area contributed by atoms with Gasteiger partial charge >= 0.3 is 0 Å². The van der Waals surface area contributed by atoms with Crippen molar-refractivity contribution in [3.63, 3.8) is 0 Å². The van der Waals surface area contributed by atoms with Crippen molar-refractivity contribution in [3.8, 4) is 0 Å². The highest BCUT2D eigenvalue weighted by Gasteiger charge is 2.13. The second kappa shape index (κ2) is 6.02. The van der Waals surface area contributed by atoms with Crippen LogP contribution in [-0.4, -0.2) is 49.1 Å². The number of rotatable bonds is 5. The van der Waals surface area contributed by atoms with Crippen molar-refractivity contribution in [2.45, 2.75) is 0 Å². The van der Waals surface area contributed by atoms with E-state index in [0.717, 1.165) is 21.2 Å². The topological polar surface area (TPSA) is 75.2 Å². The van der Waals surface area contributed by atoms with E-state index in [1.807, 2.05) is 6.07 Å². The summed E-state index contributed by atoms with van der Waals surface area (Å²) < 4.78 is 25.4. The third kappa shape index (κ3) is 3.44. The lowest BCUT2D eigenvalue weighted by molar-refractivity contribution is 0.521. The Morgan fingerprint density at radius 1 is 1.35 bits per heavy atom. The number of halogens is 1. The van der Waals surface area contributed by atoms with E-state index in [1.54, 1.807) is 18.5 Å². The normalized spacial score (nSPS) is 12.0. The Hall–Kier alpha value is -1.25. The maximum atomic E-state index is 11.7. The predicted octanol–water partition coefficient (Wildman–Crippen LogP) is 1.70. The summed E-state index contributed by atoms with van der Waals surface area (Å²) in [6.45, 7) is 0.317. The monoisotopic (exact) mass is 358 g/mol. The van der Waals surface area contributed by atoms with Gasteiger partial charge in [-0.15, -0.1) is 0 Å². The van der Waals surface area contributed by atoms with Gasteiger partial charge in [-0.1, -0.05) is 0 Å². The number of hydrogen-bond acceptors (Lipinski definition) is 5. The van der Waals surface area contributed by atoms with Crippen molar-refractivity contribution in [2.24, 2.45) is 0 Å². The Bertz CT molecular complexity index is 718. The largest absolute Gasteiger partial charge is 0.382 e. The summed E-state index contributed by atoms with van der Waals surface area (Å²) in [7, 11) is -0.153. The Kier molecular flexibility index (Phi) is 4.56. The van der Waals surface area contributed by atoms with E-state index in [2.05, 4.69) is 31.2 Å². The first-order valence-corrected chi connectivity index (χ1v) is 8.35. The molecule has 0 aromatic carbocycles. The van der Waals surface area contributed by atoms with Crippen LogP contribution in [0.2, 0.25) is 0 Å². The molecule has 0 unspecified atom stereocenters. The molecule has 2 aromatic rings. The first-order chi connectivity index (χ1) is 9.40. The van der Waals surface area contributed by atoms with E-state index < -0.39 is 10.0 Å². The first kappa shape index (κ1) is 15.1. The Morgan fingerprint density at radius 2 is 2.10 bits per heavy atom. The molecule has 0 aliphatic carbocycles. The zero-order valence-corrected chi connectivity index (χ0v) is 13.6. The molecule has 0 bridgehead atoms. The fraction of sp³-hybridized carbons (Fsp3) is 0.333. The Labute approximate surface area is 126 Å². The highest BCUT2D eigenvalue weighted by atomic mass is 79.9. The van der Waals surface area contributed by atoms with Crippen LogP contribution in [0, 0.1) is 0 Å². The molecule has 0 aliphatic rings. The molecule has 8 heteroatoms. The number of anilines is 1. The van der Waals surface area contributed by atoms with Crippen molar-refractivity contribution < 1.29 is 8.42 Å². The molecule has 0 radical (unpaired) electrons. The van der Waals surface area contributed by atoms with Crippen LogP contribution in [-0.2, 0) is 10.0 Å². The standard InChI is InChI=1S/C12H15BrN4O2S/c1-17(2)20(18,19)6-5-15-10-3-4-14-11-7-9(13)8-16-12(10)11/h3-4,7-8H,5-6H2,1-2H3,(H,14,15). The third-order valence-electron chi connectivity index (χ3n) is 2.78. The zero-order valence-electron chi connectivity index (χ0n) is 11.2. The summed E-state index contributed by atoms with van der Waals surface area (Å²) in [5, 5.41) is 3.09. The van der Waals surface area contributed by atoms with Gasteiger partial charge in [-0.3, -0.25) is 9.97 Å². The minimum absolute atomic E-state index is 0.0281. The number of nitrogens with one attached hydrogen (secondary N) is 1. The van der Waals surface area contributed by atoms with Crippen molar-refractivity contribution in [1.82, 2.24) is 14.3 Å². The van der Waals surface area contributed by atoms with E-state index in [9.17, 15) is 8.42 Å². The number of hydrogen-bond donors (Lipinski definition) is 1. The van der Waals surface area contributed by atoms with Gasteiger partial charge in [-0.05, 0) is 28.1 Å². The van der Waals surface area contributed by atoms with Crippen LogP contribution in [0.25, 0.3) is 11.0 Å². The summed E-state index contributed by atoms with van der Waals surface area (Å²) in [6.07, 6.45) is 3.35. The predicted molar refractivity (Wildman–Crippen MR) is 83.2 cm³/mol. The Balaban J connectivity index is 2.15. The zero-order chi connectivity index (χ0) is 14.8. The molecular formula is C12H15BrN4O2S. The molecule has 0 saturated carbocycles. The van der Waals surface area contributed by atoms with Gasteiger partial charge in [0.05, 0.1) is 17.0 Å². The van der Waals surface area contributed by atoms with Gasteiger partial charge in [-0.25, -0.2) is 12.7 Å². The second-order valence-corrected chi connectivity index (χ2v) is 7.62. The molecule has 0 saturated heterocycles. The van der Waals surface area contributed by atoms with E-state index in [1.165, 1.54) is 18.4 Å². The molecule has 1 N–H and O–H groups in total. The Morgan fingerprint density at radius 3 is 2.80 bits per heavy atom. The van der Waals surface area contributed by atoms with Crippen molar-refractivity contribution >= 4 is 42.7 Å². The molecule has 0 aliphatic heterocycles. The molecule has 20 heavy (non-hydrogen) atoms. The number of fused-ring (bicyclic) bond motifs is 1. The van der Waals surface area contributed by atoms with Crippen LogP contribution in [0.15, 0.2) is 29.0 Å². The van der Waals surface area contributed by atoms with Crippen LogP contribution in [0.4, 0.5) is 5.69 Å². The molecule has 0 amide bonds. The quantitative estimate of drug-likeness (QED) is 0.880.